The van der Waals surface area contributed by atoms with Gasteiger partial charge < -0.3 is 4.90 Å². The Morgan fingerprint density at radius 1 is 1.00 bits per heavy atom. The van der Waals surface area contributed by atoms with Crippen LogP contribution in [0.4, 0.5) is 0 Å². The molecular weight excluding hydrogens is 442 g/mol. The summed E-state index contributed by atoms with van der Waals surface area (Å²) in [6, 6.07) is 16.4. The van der Waals surface area contributed by atoms with Crippen molar-refractivity contribution in [3.8, 4) is 0 Å². The van der Waals surface area contributed by atoms with Gasteiger partial charge in [-0.2, -0.15) is 0 Å². The molecule has 2 aliphatic rings. The van der Waals surface area contributed by atoms with Gasteiger partial charge in [0.25, 0.3) is 5.91 Å². The van der Waals surface area contributed by atoms with Gasteiger partial charge in [0, 0.05) is 47.8 Å². The van der Waals surface area contributed by atoms with E-state index in [1.54, 1.807) is 6.20 Å². The fraction of sp³-hybridized carbons (Fsp3) is 0.448. The highest BCUT2D eigenvalue weighted by Gasteiger charge is 2.29. The molecule has 2 saturated heterocycles. The summed E-state index contributed by atoms with van der Waals surface area (Å²) in [6.07, 6.45) is 6.69. The summed E-state index contributed by atoms with van der Waals surface area (Å²) in [7, 11) is 0. The van der Waals surface area contributed by atoms with Crippen LogP contribution >= 0.6 is 11.6 Å². The summed E-state index contributed by atoms with van der Waals surface area (Å²) in [5.41, 5.74) is 4.14. The van der Waals surface area contributed by atoms with Crippen LogP contribution in [0.15, 0.2) is 54.7 Å². The number of benzene rings is 2. The van der Waals surface area contributed by atoms with Crippen LogP contribution in [-0.2, 0) is 0 Å². The van der Waals surface area contributed by atoms with Gasteiger partial charge in [0.1, 0.15) is 0 Å². The lowest BCUT2D eigenvalue weighted by Crippen LogP contribution is -2.49. The summed E-state index contributed by atoms with van der Waals surface area (Å²) >= 11 is 5.78. The minimum absolute atomic E-state index is 0.163. The van der Waals surface area contributed by atoms with Crippen LogP contribution in [0.1, 0.15) is 54.1 Å². The maximum Gasteiger partial charge on any atom is 0.253 e. The minimum Gasteiger partial charge on any atom is -0.339 e. The summed E-state index contributed by atoms with van der Waals surface area (Å²) < 4.78 is 0. The van der Waals surface area contributed by atoms with Crippen LogP contribution in [0, 0.1) is 19.8 Å². The molecule has 4 nitrogen and oxygen atoms in total. The second kappa shape index (κ2) is 11.3. The second-order valence-corrected chi connectivity index (χ2v) is 10.3. The number of fused-ring (bicyclic) bond motifs is 1. The molecule has 0 unspecified atom stereocenters. The lowest BCUT2D eigenvalue weighted by Gasteiger charge is -2.41. The van der Waals surface area contributed by atoms with E-state index >= 15 is 0 Å². The SMILES string of the molecule is C[C@H]1CCCN(C2CCN(C(=O)c3ccc4ncccc4c3)CC2)C1.Cc1ccc(Cl)c(C)c1. The topological polar surface area (TPSA) is 36.4 Å². The van der Waals surface area contributed by atoms with E-state index in [2.05, 4.69) is 29.8 Å². The lowest BCUT2D eigenvalue weighted by atomic mass is 9.95. The predicted molar refractivity (Wildman–Crippen MR) is 142 cm³/mol. The molecule has 0 radical (unpaired) electrons. The Kier molecular flexibility index (Phi) is 8.23. The third-order valence-electron chi connectivity index (χ3n) is 7.12. The van der Waals surface area contributed by atoms with Gasteiger partial charge in [-0.05, 0) is 87.9 Å². The molecule has 0 aliphatic carbocycles. The number of hydrogen-bond acceptors (Lipinski definition) is 3. The van der Waals surface area contributed by atoms with Crippen molar-refractivity contribution in [3.05, 3.63) is 76.4 Å². The normalized spacial score (nSPS) is 19.5. The summed E-state index contributed by atoms with van der Waals surface area (Å²) in [6.45, 7) is 10.6. The largest absolute Gasteiger partial charge is 0.339 e. The lowest BCUT2D eigenvalue weighted by molar-refractivity contribution is 0.0542. The second-order valence-electron chi connectivity index (χ2n) is 9.93. The van der Waals surface area contributed by atoms with Crippen molar-refractivity contribution < 1.29 is 4.79 Å². The number of nitrogens with zero attached hydrogens (tertiary/aromatic N) is 3. The third-order valence-corrected chi connectivity index (χ3v) is 7.54. The Morgan fingerprint density at radius 3 is 2.50 bits per heavy atom. The van der Waals surface area contributed by atoms with Crippen molar-refractivity contribution in [1.29, 1.82) is 0 Å². The van der Waals surface area contributed by atoms with Gasteiger partial charge in [0.05, 0.1) is 5.52 Å². The monoisotopic (exact) mass is 477 g/mol. The van der Waals surface area contributed by atoms with Crippen molar-refractivity contribution in [2.75, 3.05) is 26.2 Å². The maximum atomic E-state index is 12.9. The molecule has 0 N–H and O–H groups in total. The molecule has 3 aromatic rings. The highest BCUT2D eigenvalue weighted by molar-refractivity contribution is 6.31. The van der Waals surface area contributed by atoms with Crippen LogP contribution in [-0.4, -0.2) is 52.9 Å². The summed E-state index contributed by atoms with van der Waals surface area (Å²) in [4.78, 5) is 21.9. The molecule has 5 heteroatoms. The average Bonchev–Trinajstić information content (AvgIpc) is 2.86. The Balaban J connectivity index is 0.000000257. The zero-order valence-electron chi connectivity index (χ0n) is 20.6. The highest BCUT2D eigenvalue weighted by atomic mass is 35.5. The van der Waals surface area contributed by atoms with E-state index in [4.69, 9.17) is 11.6 Å². The molecule has 2 aromatic carbocycles. The van der Waals surface area contributed by atoms with Crippen LogP contribution in [0.5, 0.6) is 0 Å². The predicted octanol–water partition coefficient (Wildman–Crippen LogP) is 6.53. The van der Waals surface area contributed by atoms with Gasteiger partial charge in [0.2, 0.25) is 0 Å². The van der Waals surface area contributed by atoms with Gasteiger partial charge >= 0.3 is 0 Å². The maximum absolute atomic E-state index is 12.9. The molecule has 5 rings (SSSR count). The van der Waals surface area contributed by atoms with Crippen LogP contribution < -0.4 is 0 Å². The molecule has 2 fully saturated rings. The van der Waals surface area contributed by atoms with Gasteiger partial charge in [-0.1, -0.05) is 42.3 Å². The number of amides is 1. The smallest absolute Gasteiger partial charge is 0.253 e. The number of pyridine rings is 1. The average molecular weight is 478 g/mol. The zero-order valence-corrected chi connectivity index (χ0v) is 21.4. The number of aromatic nitrogens is 1. The number of aryl methyl sites for hydroxylation is 2. The molecule has 1 atom stereocenters. The first-order chi connectivity index (χ1) is 16.4. The molecule has 0 saturated carbocycles. The zero-order chi connectivity index (χ0) is 24.1. The van der Waals surface area contributed by atoms with E-state index in [0.29, 0.717) is 6.04 Å². The van der Waals surface area contributed by atoms with Gasteiger partial charge in [-0.3, -0.25) is 14.7 Å². The standard InChI is InChI=1S/C21H27N3O.C8H9Cl/c1-16-4-3-11-24(15-16)19-8-12-23(13-9-19)21(25)18-6-7-20-17(14-18)5-2-10-22-20;1-6-3-4-8(9)7(2)5-6/h2,5-7,10,14,16,19H,3-4,8-9,11-13,15H2,1H3;3-5H,1-2H3/t16-;/m0./s1. The number of carbonyl (C=O) groups is 1. The molecule has 0 bridgehead atoms. The van der Waals surface area contributed by atoms with E-state index in [9.17, 15) is 4.79 Å². The van der Waals surface area contributed by atoms with Crippen molar-refractivity contribution in [2.45, 2.75) is 52.5 Å². The summed E-state index contributed by atoms with van der Waals surface area (Å²) in [5, 5.41) is 1.88. The van der Waals surface area contributed by atoms with Crippen molar-refractivity contribution >= 4 is 28.4 Å². The van der Waals surface area contributed by atoms with Crippen LogP contribution in [0.25, 0.3) is 10.9 Å². The molecule has 3 heterocycles. The van der Waals surface area contributed by atoms with E-state index in [-0.39, 0.29) is 5.91 Å². The molecule has 34 heavy (non-hydrogen) atoms. The van der Waals surface area contributed by atoms with Crippen LogP contribution in [0.2, 0.25) is 5.02 Å². The molecule has 2 aliphatic heterocycles. The molecule has 1 amide bonds. The number of halogens is 1. The molecular formula is C29H36ClN3O. The van der Waals surface area contributed by atoms with Gasteiger partial charge in [0.15, 0.2) is 0 Å². The summed E-state index contributed by atoms with van der Waals surface area (Å²) in [5.74, 6) is 0.982. The Labute approximate surface area is 208 Å². The number of rotatable bonds is 2. The quantitative estimate of drug-likeness (QED) is 0.421. The number of carbonyl (C=O) groups excluding carboxylic acids is 1. The molecule has 180 valence electrons. The first-order valence-corrected chi connectivity index (χ1v) is 12.9. The number of piperidine rings is 2. The van der Waals surface area contributed by atoms with Crippen LogP contribution in [0.3, 0.4) is 0 Å². The van der Waals surface area contributed by atoms with E-state index in [1.165, 1.54) is 31.5 Å². The molecule has 0 spiro atoms. The molecule has 1 aromatic heterocycles. The van der Waals surface area contributed by atoms with Crippen molar-refractivity contribution in [2.24, 2.45) is 5.92 Å². The van der Waals surface area contributed by atoms with Gasteiger partial charge in [-0.15, -0.1) is 0 Å². The van der Waals surface area contributed by atoms with Gasteiger partial charge in [-0.25, -0.2) is 0 Å². The Hall–Kier alpha value is -2.43. The minimum atomic E-state index is 0.163. The van der Waals surface area contributed by atoms with Crippen molar-refractivity contribution in [1.82, 2.24) is 14.8 Å². The number of hydrogen-bond donors (Lipinski definition) is 0. The number of likely N-dealkylation sites (tertiary alicyclic amines) is 2. The first kappa shape index (κ1) is 24.7. The van der Waals surface area contributed by atoms with E-state index in [1.807, 2.05) is 54.3 Å². The van der Waals surface area contributed by atoms with Crippen molar-refractivity contribution in [3.63, 3.8) is 0 Å². The highest BCUT2D eigenvalue weighted by Crippen LogP contribution is 2.25. The van der Waals surface area contributed by atoms with E-state index in [0.717, 1.165) is 58.9 Å². The first-order valence-electron chi connectivity index (χ1n) is 12.5. The third kappa shape index (κ3) is 6.17. The Morgan fingerprint density at radius 2 is 1.79 bits per heavy atom. The van der Waals surface area contributed by atoms with E-state index < -0.39 is 0 Å². The fourth-order valence-electron chi connectivity index (χ4n) is 5.18. The Bertz CT molecular complexity index is 1120. The fourth-order valence-corrected chi connectivity index (χ4v) is 5.29.